The first-order chi connectivity index (χ1) is 19.2. The van der Waals surface area contributed by atoms with Crippen LogP contribution in [0.2, 0.25) is 10.0 Å². The summed E-state index contributed by atoms with van der Waals surface area (Å²) in [6.07, 6.45) is 3.44. The van der Waals surface area contributed by atoms with Gasteiger partial charge in [0.2, 0.25) is 0 Å². The summed E-state index contributed by atoms with van der Waals surface area (Å²) in [4.78, 5) is 33.4. The molecular formula is C28H26Cl2F2N4O5. The molecule has 0 fully saturated rings. The first-order valence-electron chi connectivity index (χ1n) is 12.1. The van der Waals surface area contributed by atoms with Gasteiger partial charge in [-0.15, -0.1) is 0 Å². The molecule has 13 heteroatoms. The van der Waals surface area contributed by atoms with Crippen LogP contribution in [0.4, 0.5) is 8.78 Å². The van der Waals surface area contributed by atoms with Crippen molar-refractivity contribution < 1.29 is 28.9 Å². The fraction of sp³-hybridized carbons (Fsp3) is 0.214. The molecule has 0 saturated carbocycles. The van der Waals surface area contributed by atoms with Crippen molar-refractivity contribution in [1.82, 2.24) is 14.9 Å². The van der Waals surface area contributed by atoms with E-state index in [9.17, 15) is 9.59 Å². The van der Waals surface area contributed by atoms with E-state index in [1.165, 1.54) is 29.9 Å². The SMILES string of the molecule is C/C=C/N=C(/C(F)=C/n1c(C)cc(C(C)Cc2cncc(Cl)c2)c(Cl)c1=O)c1cccc(C(=O)NC(O)(O)O)c1F. The van der Waals surface area contributed by atoms with E-state index in [0.29, 0.717) is 22.7 Å². The molecule has 0 bridgehead atoms. The van der Waals surface area contributed by atoms with Gasteiger partial charge in [-0.3, -0.25) is 29.4 Å². The Morgan fingerprint density at radius 1 is 1.22 bits per heavy atom. The van der Waals surface area contributed by atoms with E-state index in [4.69, 9.17) is 38.5 Å². The third kappa shape index (κ3) is 7.93. The number of rotatable bonds is 9. The number of hydrogen-bond acceptors (Lipinski definition) is 7. The molecule has 3 rings (SSSR count). The van der Waals surface area contributed by atoms with Gasteiger partial charge in [-0.25, -0.2) is 8.78 Å². The maximum Gasteiger partial charge on any atom is 0.369 e. The molecule has 0 aliphatic rings. The number of aromatic nitrogens is 2. The van der Waals surface area contributed by atoms with E-state index in [1.54, 1.807) is 32.2 Å². The predicted molar refractivity (Wildman–Crippen MR) is 152 cm³/mol. The van der Waals surface area contributed by atoms with Crippen molar-refractivity contribution in [2.75, 3.05) is 0 Å². The summed E-state index contributed by atoms with van der Waals surface area (Å²) < 4.78 is 32.0. The molecule has 2 aromatic heterocycles. The molecule has 9 nitrogen and oxygen atoms in total. The number of benzene rings is 1. The molecule has 3 aromatic rings. The Morgan fingerprint density at radius 3 is 2.54 bits per heavy atom. The van der Waals surface area contributed by atoms with Crippen LogP contribution in [0.25, 0.3) is 6.20 Å². The second kappa shape index (κ2) is 13.3. The Labute approximate surface area is 243 Å². The maximum atomic E-state index is 15.7. The first-order valence-corrected chi connectivity index (χ1v) is 12.8. The van der Waals surface area contributed by atoms with Gasteiger partial charge >= 0.3 is 6.10 Å². The van der Waals surface area contributed by atoms with Crippen LogP contribution in [0.5, 0.6) is 0 Å². The van der Waals surface area contributed by atoms with E-state index in [2.05, 4.69) is 9.98 Å². The molecule has 0 aliphatic heterocycles. The Bertz CT molecular complexity index is 1610. The standard InChI is InChI=1S/C28H26Cl2F2N4O5/c1-4-8-34-25(19-6-5-7-20(24(19)32)26(37)35-28(39,40)41)22(31)14-36-16(3)10-21(23(30)27(36)38)15(2)9-17-11-18(29)13-33-12-17/h4-8,10-15,39-41H,9H2,1-3H3,(H,35,37)/b8-4+,22-14-,34-25+. The third-order valence-electron chi connectivity index (χ3n) is 5.84. The number of pyridine rings is 2. The van der Waals surface area contributed by atoms with Crippen LogP contribution >= 0.6 is 23.2 Å². The number of carbonyl (C=O) groups excluding carboxylic acids is 1. The number of nitrogens with zero attached hydrogens (tertiary/aromatic N) is 3. The van der Waals surface area contributed by atoms with Crippen molar-refractivity contribution >= 4 is 41.0 Å². The van der Waals surface area contributed by atoms with Gasteiger partial charge in [0.05, 0.1) is 16.8 Å². The minimum absolute atomic E-state index is 0.139. The largest absolute Gasteiger partial charge is 0.369 e. The lowest BCUT2D eigenvalue weighted by atomic mass is 9.94. The molecule has 0 spiro atoms. The Morgan fingerprint density at radius 2 is 1.90 bits per heavy atom. The quantitative estimate of drug-likeness (QED) is 0.210. The van der Waals surface area contributed by atoms with Crippen LogP contribution in [0, 0.1) is 12.7 Å². The van der Waals surface area contributed by atoms with Gasteiger partial charge < -0.3 is 15.3 Å². The number of carbonyl (C=O) groups is 1. The van der Waals surface area contributed by atoms with E-state index >= 15 is 8.78 Å². The third-order valence-corrected chi connectivity index (χ3v) is 6.43. The average Bonchev–Trinajstić information content (AvgIpc) is 2.88. The fourth-order valence-corrected chi connectivity index (χ4v) is 4.52. The van der Waals surface area contributed by atoms with Crippen molar-refractivity contribution in [1.29, 1.82) is 0 Å². The van der Waals surface area contributed by atoms with Gasteiger partial charge in [-0.1, -0.05) is 42.3 Å². The summed E-state index contributed by atoms with van der Waals surface area (Å²) in [5, 5.41) is 28.7. The lowest BCUT2D eigenvalue weighted by Gasteiger charge is -2.17. The number of halogens is 4. The highest BCUT2D eigenvalue weighted by atomic mass is 35.5. The van der Waals surface area contributed by atoms with Crippen LogP contribution in [-0.4, -0.2) is 42.6 Å². The lowest BCUT2D eigenvalue weighted by Crippen LogP contribution is -2.48. The zero-order chi connectivity index (χ0) is 30.5. The van der Waals surface area contributed by atoms with Crippen molar-refractivity contribution in [2.24, 2.45) is 4.99 Å². The average molecular weight is 607 g/mol. The molecule has 0 radical (unpaired) electrons. The second-order valence-electron chi connectivity index (χ2n) is 9.04. The van der Waals surface area contributed by atoms with Crippen molar-refractivity contribution in [2.45, 2.75) is 39.2 Å². The molecule has 0 aliphatic carbocycles. The molecule has 1 unspecified atom stereocenters. The topological polar surface area (TPSA) is 137 Å². The van der Waals surface area contributed by atoms with Crippen molar-refractivity contribution in [3.8, 4) is 0 Å². The molecule has 2 heterocycles. The number of amides is 1. The number of aliphatic hydroxyl groups is 3. The zero-order valence-electron chi connectivity index (χ0n) is 22.1. The zero-order valence-corrected chi connectivity index (χ0v) is 23.6. The smallest absolute Gasteiger partial charge is 0.325 e. The van der Waals surface area contributed by atoms with Gasteiger partial charge in [0.25, 0.3) is 11.5 Å². The first kappa shape index (κ1) is 31.8. The molecule has 1 amide bonds. The highest BCUT2D eigenvalue weighted by Crippen LogP contribution is 2.27. The lowest BCUT2D eigenvalue weighted by molar-refractivity contribution is -0.323. The second-order valence-corrected chi connectivity index (χ2v) is 9.85. The number of nitrogens with one attached hydrogen (secondary N) is 1. The highest BCUT2D eigenvalue weighted by Gasteiger charge is 2.27. The number of aryl methyl sites for hydroxylation is 1. The van der Waals surface area contributed by atoms with Gasteiger partial charge in [0, 0.05) is 29.9 Å². The highest BCUT2D eigenvalue weighted by molar-refractivity contribution is 6.31. The molecule has 1 aromatic carbocycles. The maximum absolute atomic E-state index is 15.7. The molecule has 216 valence electrons. The molecule has 41 heavy (non-hydrogen) atoms. The van der Waals surface area contributed by atoms with Gasteiger partial charge in [-0.2, -0.15) is 0 Å². The molecular weight excluding hydrogens is 581 g/mol. The van der Waals surface area contributed by atoms with E-state index in [0.717, 1.165) is 28.5 Å². The Kier molecular flexibility index (Phi) is 10.3. The Balaban J connectivity index is 2.05. The minimum Gasteiger partial charge on any atom is -0.325 e. The summed E-state index contributed by atoms with van der Waals surface area (Å²) in [5.41, 5.74) is -0.844. The van der Waals surface area contributed by atoms with Crippen LogP contribution in [-0.2, 0) is 6.42 Å². The molecule has 0 saturated heterocycles. The van der Waals surface area contributed by atoms with Crippen LogP contribution < -0.4 is 10.9 Å². The summed E-state index contributed by atoms with van der Waals surface area (Å²) in [6.45, 7) is 5.02. The molecule has 4 N–H and O–H groups in total. The van der Waals surface area contributed by atoms with Crippen molar-refractivity contribution in [3.63, 3.8) is 0 Å². The van der Waals surface area contributed by atoms with E-state index in [-0.39, 0.29) is 10.9 Å². The number of hydrogen-bond donors (Lipinski definition) is 4. The predicted octanol–water partition coefficient (Wildman–Crippen LogP) is 4.45. The van der Waals surface area contributed by atoms with Crippen LogP contribution in [0.1, 0.15) is 52.5 Å². The van der Waals surface area contributed by atoms with E-state index in [1.807, 2.05) is 6.92 Å². The normalized spacial score (nSPS) is 13.5. The Hall–Kier alpha value is -3.74. The van der Waals surface area contributed by atoms with Gasteiger partial charge in [-0.05, 0) is 61.6 Å². The summed E-state index contributed by atoms with van der Waals surface area (Å²) >= 11 is 12.4. The number of aliphatic imine (C=N–C) groups is 1. The summed E-state index contributed by atoms with van der Waals surface area (Å²) in [7, 11) is 0. The summed E-state index contributed by atoms with van der Waals surface area (Å²) in [5.74, 6) is -4.04. The van der Waals surface area contributed by atoms with Crippen molar-refractivity contribution in [3.05, 3.63) is 115 Å². The monoisotopic (exact) mass is 606 g/mol. The van der Waals surface area contributed by atoms with Crippen LogP contribution in [0.3, 0.4) is 0 Å². The van der Waals surface area contributed by atoms with E-state index < -0.39 is 46.0 Å². The summed E-state index contributed by atoms with van der Waals surface area (Å²) in [6, 6.07) is 6.68. The van der Waals surface area contributed by atoms with Crippen LogP contribution in [0.15, 0.2) is 70.6 Å². The molecule has 1 atom stereocenters. The fourth-order valence-electron chi connectivity index (χ4n) is 3.99. The van der Waals surface area contributed by atoms with Gasteiger partial charge in [0.15, 0.2) is 5.83 Å². The number of allylic oxidation sites excluding steroid dienone is 2. The minimum atomic E-state index is -3.61. The van der Waals surface area contributed by atoms with Gasteiger partial charge in [0.1, 0.15) is 16.6 Å².